The van der Waals surface area contributed by atoms with Gasteiger partial charge in [-0.2, -0.15) is 4.37 Å². The summed E-state index contributed by atoms with van der Waals surface area (Å²) in [5, 5.41) is 0.859. The Labute approximate surface area is 122 Å². The van der Waals surface area contributed by atoms with Crippen LogP contribution in [0.1, 0.15) is 0 Å². The number of nitrogens with zero attached hydrogens (tertiary/aromatic N) is 3. The smallest absolute Gasteiger partial charge is 0.149 e. The summed E-state index contributed by atoms with van der Waals surface area (Å²) in [5.74, 6) is 0.541. The summed E-state index contributed by atoms with van der Waals surface area (Å²) in [6.07, 6.45) is 4.60. The van der Waals surface area contributed by atoms with Crippen LogP contribution in [0.5, 0.6) is 0 Å². The molecule has 2 aromatic heterocycles. The quantitative estimate of drug-likeness (QED) is 0.894. The molecule has 0 aliphatic carbocycles. The molecular weight excluding hydrogens is 296 g/mol. The summed E-state index contributed by atoms with van der Waals surface area (Å²) in [6.45, 7) is 0.401. The summed E-state index contributed by atoms with van der Waals surface area (Å²) in [6, 6.07) is 3.71. The van der Waals surface area contributed by atoms with Gasteiger partial charge >= 0.3 is 0 Å². The van der Waals surface area contributed by atoms with Crippen molar-refractivity contribution in [1.29, 1.82) is 0 Å². The van der Waals surface area contributed by atoms with E-state index in [1.165, 1.54) is 17.8 Å². The van der Waals surface area contributed by atoms with Crippen molar-refractivity contribution >= 4 is 32.2 Å². The minimum Gasteiger partial charge on any atom is -0.382 e. The van der Waals surface area contributed by atoms with Gasteiger partial charge in [-0.1, -0.05) is 0 Å². The Morgan fingerprint density at radius 3 is 2.60 bits per heavy atom. The second-order valence-corrected chi connectivity index (χ2v) is 7.55. The topological polar surface area (TPSA) is 89.2 Å². The van der Waals surface area contributed by atoms with E-state index < -0.39 is 9.84 Å². The van der Waals surface area contributed by atoms with E-state index >= 15 is 0 Å². The van der Waals surface area contributed by atoms with Crippen molar-refractivity contribution in [1.82, 2.24) is 9.36 Å². The molecule has 0 fully saturated rings. The highest BCUT2D eigenvalue weighted by Gasteiger charge is 2.17. The fraction of sp³-hybridized carbons (Fsp3) is 0.333. The molecule has 108 valence electrons. The minimum atomic E-state index is -3.00. The number of anilines is 2. The molecule has 2 aromatic rings. The third-order valence-electron chi connectivity index (χ3n) is 2.81. The van der Waals surface area contributed by atoms with Gasteiger partial charge in [0.1, 0.15) is 20.7 Å². The highest BCUT2D eigenvalue weighted by atomic mass is 32.2. The molecule has 0 saturated carbocycles. The van der Waals surface area contributed by atoms with Crippen LogP contribution in [0, 0.1) is 0 Å². The highest BCUT2D eigenvalue weighted by molar-refractivity contribution is 7.90. The molecular formula is C12H16N4O2S2. The van der Waals surface area contributed by atoms with Gasteiger partial charge in [0, 0.05) is 32.2 Å². The highest BCUT2D eigenvalue weighted by Crippen LogP contribution is 2.38. The van der Waals surface area contributed by atoms with Crippen LogP contribution in [-0.2, 0) is 9.84 Å². The number of nitrogen functional groups attached to an aromatic ring is 1. The molecule has 2 heterocycles. The van der Waals surface area contributed by atoms with Crippen LogP contribution in [0.25, 0.3) is 11.1 Å². The third-order valence-corrected chi connectivity index (χ3v) is 4.71. The van der Waals surface area contributed by atoms with Gasteiger partial charge in [0.15, 0.2) is 0 Å². The second-order valence-electron chi connectivity index (χ2n) is 4.54. The van der Waals surface area contributed by atoms with Gasteiger partial charge in [0.05, 0.1) is 11.3 Å². The maximum Gasteiger partial charge on any atom is 0.149 e. The molecule has 6 nitrogen and oxygen atoms in total. The van der Waals surface area contributed by atoms with Crippen LogP contribution >= 0.6 is 11.5 Å². The Morgan fingerprint density at radius 2 is 2.00 bits per heavy atom. The van der Waals surface area contributed by atoms with Crippen molar-refractivity contribution in [2.45, 2.75) is 0 Å². The Morgan fingerprint density at radius 1 is 1.35 bits per heavy atom. The molecule has 0 saturated heterocycles. The molecule has 0 aliphatic rings. The third kappa shape index (κ3) is 3.45. The van der Waals surface area contributed by atoms with Gasteiger partial charge in [-0.05, 0) is 29.2 Å². The second kappa shape index (κ2) is 5.76. The van der Waals surface area contributed by atoms with E-state index in [0.717, 1.165) is 16.1 Å². The van der Waals surface area contributed by atoms with Crippen LogP contribution in [0.4, 0.5) is 10.8 Å². The average Bonchev–Trinajstić information content (AvgIpc) is 2.78. The lowest BCUT2D eigenvalue weighted by Gasteiger charge is -2.18. The van der Waals surface area contributed by atoms with Gasteiger partial charge < -0.3 is 10.6 Å². The van der Waals surface area contributed by atoms with Crippen LogP contribution < -0.4 is 10.6 Å². The van der Waals surface area contributed by atoms with Gasteiger partial charge in [-0.3, -0.25) is 4.98 Å². The molecule has 0 spiro atoms. The lowest BCUT2D eigenvalue weighted by molar-refractivity contribution is 0.601. The zero-order valence-corrected chi connectivity index (χ0v) is 12.9. The first-order valence-corrected chi connectivity index (χ1v) is 8.76. The van der Waals surface area contributed by atoms with Crippen LogP contribution in [-0.4, -0.2) is 43.4 Å². The van der Waals surface area contributed by atoms with E-state index in [4.69, 9.17) is 5.73 Å². The van der Waals surface area contributed by atoms with Crippen molar-refractivity contribution in [3.8, 4) is 11.1 Å². The number of pyridine rings is 1. The van der Waals surface area contributed by atoms with Gasteiger partial charge in [-0.25, -0.2) is 8.42 Å². The van der Waals surface area contributed by atoms with E-state index in [0.29, 0.717) is 12.4 Å². The van der Waals surface area contributed by atoms with E-state index in [-0.39, 0.29) is 5.75 Å². The van der Waals surface area contributed by atoms with Gasteiger partial charge in [0.2, 0.25) is 0 Å². The molecule has 0 radical (unpaired) electrons. The largest absolute Gasteiger partial charge is 0.382 e. The van der Waals surface area contributed by atoms with Crippen molar-refractivity contribution in [2.75, 3.05) is 36.2 Å². The standard InChI is InChI=1S/C12H16N4O2S2/c1-16(7-8-20(2,17)18)12-10(11(13)15-19-12)9-3-5-14-6-4-9/h3-6H,7-8H2,1-2H3,(H2,13,15). The Bertz CT molecular complexity index is 683. The predicted octanol–water partition coefficient (Wildman–Crippen LogP) is 1.27. The van der Waals surface area contributed by atoms with E-state index in [1.54, 1.807) is 12.4 Å². The van der Waals surface area contributed by atoms with Gasteiger partial charge in [-0.15, -0.1) is 0 Å². The number of rotatable bonds is 5. The minimum absolute atomic E-state index is 0.0943. The maximum absolute atomic E-state index is 11.3. The summed E-state index contributed by atoms with van der Waals surface area (Å²) in [5.41, 5.74) is 7.68. The maximum atomic E-state index is 11.3. The average molecular weight is 312 g/mol. The van der Waals surface area contributed by atoms with Crippen molar-refractivity contribution in [2.24, 2.45) is 0 Å². The van der Waals surface area contributed by atoms with Crippen molar-refractivity contribution in [3.05, 3.63) is 24.5 Å². The fourth-order valence-corrected chi connectivity index (χ4v) is 3.17. The SMILES string of the molecule is CN(CCS(C)(=O)=O)c1snc(N)c1-c1ccncc1. The normalized spacial score (nSPS) is 11.5. The summed E-state index contributed by atoms with van der Waals surface area (Å²) in [7, 11) is -1.16. The van der Waals surface area contributed by atoms with Gasteiger partial charge in [0.25, 0.3) is 0 Å². The molecule has 0 aromatic carbocycles. The monoisotopic (exact) mass is 312 g/mol. The number of hydrogen-bond acceptors (Lipinski definition) is 7. The zero-order valence-electron chi connectivity index (χ0n) is 11.3. The zero-order chi connectivity index (χ0) is 14.8. The molecule has 0 amide bonds. The molecule has 8 heteroatoms. The summed E-state index contributed by atoms with van der Waals surface area (Å²) >= 11 is 1.27. The first-order valence-electron chi connectivity index (χ1n) is 5.93. The van der Waals surface area contributed by atoms with E-state index in [2.05, 4.69) is 9.36 Å². The van der Waals surface area contributed by atoms with Crippen LogP contribution in [0.15, 0.2) is 24.5 Å². The number of hydrogen-bond donors (Lipinski definition) is 1. The number of nitrogens with two attached hydrogens (primary N) is 1. The first-order chi connectivity index (χ1) is 9.38. The lowest BCUT2D eigenvalue weighted by Crippen LogP contribution is -2.24. The summed E-state index contributed by atoms with van der Waals surface area (Å²) in [4.78, 5) is 5.84. The van der Waals surface area contributed by atoms with Crippen molar-refractivity contribution < 1.29 is 8.42 Å². The molecule has 2 N–H and O–H groups in total. The molecule has 0 atom stereocenters. The molecule has 0 unspecified atom stereocenters. The Hall–Kier alpha value is -1.67. The van der Waals surface area contributed by atoms with E-state index in [1.807, 2.05) is 24.1 Å². The fourth-order valence-electron chi connectivity index (χ4n) is 1.75. The van der Waals surface area contributed by atoms with Crippen molar-refractivity contribution in [3.63, 3.8) is 0 Å². The Kier molecular flexibility index (Phi) is 4.24. The predicted molar refractivity (Wildman–Crippen MR) is 82.7 cm³/mol. The van der Waals surface area contributed by atoms with Crippen LogP contribution in [0.2, 0.25) is 0 Å². The van der Waals surface area contributed by atoms with Crippen LogP contribution in [0.3, 0.4) is 0 Å². The van der Waals surface area contributed by atoms with E-state index in [9.17, 15) is 8.42 Å². The first kappa shape index (κ1) is 14.7. The molecule has 2 rings (SSSR count). The number of aromatic nitrogens is 2. The molecule has 0 aliphatic heterocycles. The summed E-state index contributed by atoms with van der Waals surface area (Å²) < 4.78 is 26.7. The lowest BCUT2D eigenvalue weighted by atomic mass is 10.1. The Balaban J connectivity index is 2.30. The number of sulfone groups is 1. The molecule has 20 heavy (non-hydrogen) atoms. The molecule has 0 bridgehead atoms.